The van der Waals surface area contributed by atoms with Crippen molar-refractivity contribution in [2.24, 2.45) is 0 Å². The molecule has 0 spiro atoms. The number of benzene rings is 3. The summed E-state index contributed by atoms with van der Waals surface area (Å²) in [5.74, 6) is 0. The monoisotopic (exact) mass is 301 g/mol. The van der Waals surface area contributed by atoms with E-state index in [2.05, 4.69) is 72.8 Å². The van der Waals surface area contributed by atoms with E-state index in [4.69, 9.17) is 4.98 Å². The molecule has 0 bridgehead atoms. The first-order chi connectivity index (χ1) is 10.9. The van der Waals surface area contributed by atoms with Crippen molar-refractivity contribution < 1.29 is 0 Å². The Morgan fingerprint density at radius 2 is 1.36 bits per heavy atom. The second-order valence-electron chi connectivity index (χ2n) is 5.35. The van der Waals surface area contributed by atoms with Gasteiger partial charge in [0.2, 0.25) is 0 Å². The summed E-state index contributed by atoms with van der Waals surface area (Å²) in [6.07, 6.45) is 0.973. The normalized spacial score (nSPS) is 10.9. The van der Waals surface area contributed by atoms with Gasteiger partial charge in [0.15, 0.2) is 0 Å². The van der Waals surface area contributed by atoms with E-state index in [1.165, 1.54) is 21.4 Å². The summed E-state index contributed by atoms with van der Waals surface area (Å²) in [5, 5.41) is 1.09. The largest absolute Gasteiger partial charge is 0.236 e. The quantitative estimate of drug-likeness (QED) is 0.483. The van der Waals surface area contributed by atoms with Crippen LogP contribution < -0.4 is 0 Å². The van der Waals surface area contributed by atoms with Gasteiger partial charge in [-0.3, -0.25) is 0 Å². The SMILES string of the molecule is c1ccc(Cc2ccc(-c3nc4ccccc4s3)cc2)cc1. The zero-order valence-electron chi connectivity index (χ0n) is 12.1. The molecule has 22 heavy (non-hydrogen) atoms. The van der Waals surface area contributed by atoms with Gasteiger partial charge in [-0.15, -0.1) is 11.3 Å². The predicted octanol–water partition coefficient (Wildman–Crippen LogP) is 5.55. The summed E-state index contributed by atoms with van der Waals surface area (Å²) in [6.45, 7) is 0. The fraction of sp³-hybridized carbons (Fsp3) is 0.0500. The van der Waals surface area contributed by atoms with Crippen molar-refractivity contribution in [2.45, 2.75) is 6.42 Å². The van der Waals surface area contributed by atoms with Crippen LogP contribution in [0.3, 0.4) is 0 Å². The third kappa shape index (κ3) is 2.66. The number of para-hydroxylation sites is 1. The first kappa shape index (κ1) is 13.2. The molecule has 0 aliphatic rings. The second-order valence-corrected chi connectivity index (χ2v) is 6.38. The van der Waals surface area contributed by atoms with Crippen LogP contribution in [-0.4, -0.2) is 4.98 Å². The minimum atomic E-state index is 0.973. The maximum Gasteiger partial charge on any atom is 0.124 e. The van der Waals surface area contributed by atoms with Crippen LogP contribution in [0.25, 0.3) is 20.8 Å². The van der Waals surface area contributed by atoms with Crippen LogP contribution in [0.4, 0.5) is 0 Å². The van der Waals surface area contributed by atoms with E-state index in [0.29, 0.717) is 0 Å². The van der Waals surface area contributed by atoms with Gasteiger partial charge in [0.1, 0.15) is 5.01 Å². The van der Waals surface area contributed by atoms with Gasteiger partial charge >= 0.3 is 0 Å². The Kier molecular flexibility index (Phi) is 3.45. The third-order valence-corrected chi connectivity index (χ3v) is 4.83. The molecule has 1 nitrogen and oxygen atoms in total. The summed E-state index contributed by atoms with van der Waals surface area (Å²) in [7, 11) is 0. The molecule has 1 heterocycles. The number of thiazole rings is 1. The van der Waals surface area contributed by atoms with Gasteiger partial charge in [-0.25, -0.2) is 4.98 Å². The lowest BCUT2D eigenvalue weighted by Crippen LogP contribution is -1.87. The van der Waals surface area contributed by atoms with Crippen molar-refractivity contribution in [1.29, 1.82) is 0 Å². The second kappa shape index (κ2) is 5.74. The topological polar surface area (TPSA) is 12.9 Å². The zero-order valence-corrected chi connectivity index (χ0v) is 12.9. The van der Waals surface area contributed by atoms with Gasteiger partial charge in [-0.2, -0.15) is 0 Å². The molecule has 0 N–H and O–H groups in total. The Balaban J connectivity index is 1.61. The lowest BCUT2D eigenvalue weighted by molar-refractivity contribution is 1.19. The maximum absolute atomic E-state index is 4.72. The number of fused-ring (bicyclic) bond motifs is 1. The Morgan fingerprint density at radius 1 is 0.682 bits per heavy atom. The number of hydrogen-bond acceptors (Lipinski definition) is 2. The fourth-order valence-electron chi connectivity index (χ4n) is 2.59. The number of hydrogen-bond donors (Lipinski definition) is 0. The summed E-state index contributed by atoms with van der Waals surface area (Å²) >= 11 is 1.75. The molecular weight excluding hydrogens is 286 g/mol. The average molecular weight is 301 g/mol. The molecular formula is C20H15NS. The summed E-state index contributed by atoms with van der Waals surface area (Å²) in [4.78, 5) is 4.72. The molecule has 0 fully saturated rings. The predicted molar refractivity (Wildman–Crippen MR) is 94.3 cm³/mol. The lowest BCUT2D eigenvalue weighted by Gasteiger charge is -2.03. The van der Waals surface area contributed by atoms with E-state index >= 15 is 0 Å². The minimum Gasteiger partial charge on any atom is -0.236 e. The van der Waals surface area contributed by atoms with E-state index < -0.39 is 0 Å². The summed E-state index contributed by atoms with van der Waals surface area (Å²) in [5.41, 5.74) is 4.94. The molecule has 0 aliphatic heterocycles. The smallest absolute Gasteiger partial charge is 0.124 e. The third-order valence-electron chi connectivity index (χ3n) is 3.75. The van der Waals surface area contributed by atoms with Gasteiger partial charge in [-0.1, -0.05) is 66.7 Å². The van der Waals surface area contributed by atoms with E-state index in [1.54, 1.807) is 11.3 Å². The van der Waals surface area contributed by atoms with E-state index in [9.17, 15) is 0 Å². The molecule has 1 aromatic heterocycles. The molecule has 0 unspecified atom stereocenters. The summed E-state index contributed by atoms with van der Waals surface area (Å²) < 4.78 is 1.24. The highest BCUT2D eigenvalue weighted by Gasteiger charge is 2.05. The van der Waals surface area contributed by atoms with Crippen LogP contribution in [0.2, 0.25) is 0 Å². The Morgan fingerprint density at radius 3 is 2.14 bits per heavy atom. The molecule has 3 aromatic carbocycles. The van der Waals surface area contributed by atoms with Crippen molar-refractivity contribution in [3.8, 4) is 10.6 Å². The van der Waals surface area contributed by atoms with Crippen molar-refractivity contribution in [3.05, 3.63) is 90.0 Å². The van der Waals surface area contributed by atoms with Gasteiger partial charge in [0.25, 0.3) is 0 Å². The van der Waals surface area contributed by atoms with E-state index in [0.717, 1.165) is 16.9 Å². The maximum atomic E-state index is 4.72. The molecule has 0 amide bonds. The number of nitrogens with zero attached hydrogens (tertiary/aromatic N) is 1. The van der Waals surface area contributed by atoms with Crippen molar-refractivity contribution in [2.75, 3.05) is 0 Å². The molecule has 106 valence electrons. The number of aromatic nitrogens is 1. The minimum absolute atomic E-state index is 0.973. The molecule has 0 saturated heterocycles. The number of rotatable bonds is 3. The van der Waals surface area contributed by atoms with Gasteiger partial charge in [-0.05, 0) is 29.7 Å². The zero-order chi connectivity index (χ0) is 14.8. The van der Waals surface area contributed by atoms with E-state index in [1.807, 2.05) is 6.07 Å². The highest BCUT2D eigenvalue weighted by atomic mass is 32.1. The van der Waals surface area contributed by atoms with E-state index in [-0.39, 0.29) is 0 Å². The Bertz CT molecular complexity index is 859. The van der Waals surface area contributed by atoms with Crippen molar-refractivity contribution in [3.63, 3.8) is 0 Å². The van der Waals surface area contributed by atoms with Crippen LogP contribution in [-0.2, 0) is 6.42 Å². The van der Waals surface area contributed by atoms with Gasteiger partial charge in [0.05, 0.1) is 10.2 Å². The van der Waals surface area contributed by atoms with Crippen LogP contribution in [0.15, 0.2) is 78.9 Å². The lowest BCUT2D eigenvalue weighted by atomic mass is 10.0. The van der Waals surface area contributed by atoms with Crippen LogP contribution >= 0.6 is 11.3 Å². The highest BCUT2D eigenvalue weighted by Crippen LogP contribution is 2.30. The molecule has 0 saturated carbocycles. The fourth-order valence-corrected chi connectivity index (χ4v) is 3.56. The van der Waals surface area contributed by atoms with Crippen molar-refractivity contribution in [1.82, 2.24) is 4.98 Å². The molecule has 4 aromatic rings. The standard InChI is InChI=1S/C20H15NS/c1-2-6-15(7-3-1)14-16-10-12-17(13-11-16)20-21-18-8-4-5-9-19(18)22-20/h1-13H,14H2. The van der Waals surface area contributed by atoms with Gasteiger partial charge in [0, 0.05) is 5.56 Å². The van der Waals surface area contributed by atoms with Crippen molar-refractivity contribution >= 4 is 21.6 Å². The van der Waals surface area contributed by atoms with Gasteiger partial charge < -0.3 is 0 Å². The average Bonchev–Trinajstić information content (AvgIpc) is 3.00. The highest BCUT2D eigenvalue weighted by molar-refractivity contribution is 7.21. The molecule has 0 radical (unpaired) electrons. The molecule has 0 atom stereocenters. The first-order valence-electron chi connectivity index (χ1n) is 7.37. The first-order valence-corrected chi connectivity index (χ1v) is 8.19. The van der Waals surface area contributed by atoms with Crippen LogP contribution in [0.1, 0.15) is 11.1 Å². The van der Waals surface area contributed by atoms with Crippen LogP contribution in [0.5, 0.6) is 0 Å². The Labute approximate surface area is 133 Å². The Hall–Kier alpha value is -2.45. The van der Waals surface area contributed by atoms with Crippen LogP contribution in [0, 0.1) is 0 Å². The molecule has 0 aliphatic carbocycles. The molecule has 4 rings (SSSR count). The molecule has 2 heteroatoms. The summed E-state index contributed by atoms with van der Waals surface area (Å²) in [6, 6.07) is 27.6.